The quantitative estimate of drug-likeness (QED) is 0.694. The van der Waals surface area contributed by atoms with Crippen LogP contribution in [-0.4, -0.2) is 6.54 Å². The standard InChI is InChI=1S/C11H16N2/c1-8-2-5-10(12)11(6-8)13-7-9-3-4-9/h2,5-6,9,13H,3-4,7,12H2,1H3. The van der Waals surface area contributed by atoms with E-state index in [1.165, 1.54) is 18.4 Å². The first-order chi connectivity index (χ1) is 6.25. The molecule has 0 aromatic heterocycles. The third kappa shape index (κ3) is 2.14. The van der Waals surface area contributed by atoms with Crippen molar-refractivity contribution in [2.24, 2.45) is 5.92 Å². The molecule has 0 saturated heterocycles. The lowest BCUT2D eigenvalue weighted by atomic mass is 10.2. The lowest BCUT2D eigenvalue weighted by molar-refractivity contribution is 0.889. The number of aryl methyl sites for hydroxylation is 1. The smallest absolute Gasteiger partial charge is 0.0576 e. The first-order valence-electron chi connectivity index (χ1n) is 4.86. The van der Waals surface area contributed by atoms with Crippen molar-refractivity contribution in [1.82, 2.24) is 0 Å². The zero-order valence-corrected chi connectivity index (χ0v) is 8.01. The first-order valence-corrected chi connectivity index (χ1v) is 4.86. The normalized spacial score (nSPS) is 15.8. The number of benzene rings is 1. The molecule has 1 aromatic rings. The van der Waals surface area contributed by atoms with Gasteiger partial charge in [-0.1, -0.05) is 6.07 Å². The number of anilines is 2. The van der Waals surface area contributed by atoms with Gasteiger partial charge in [0.2, 0.25) is 0 Å². The van der Waals surface area contributed by atoms with Crippen LogP contribution in [0.25, 0.3) is 0 Å². The van der Waals surface area contributed by atoms with E-state index >= 15 is 0 Å². The highest BCUT2D eigenvalue weighted by Gasteiger charge is 2.20. The Labute approximate surface area is 79.1 Å². The summed E-state index contributed by atoms with van der Waals surface area (Å²) in [4.78, 5) is 0. The van der Waals surface area contributed by atoms with Gasteiger partial charge in [-0.2, -0.15) is 0 Å². The summed E-state index contributed by atoms with van der Waals surface area (Å²) in [6.07, 6.45) is 2.75. The van der Waals surface area contributed by atoms with Crippen LogP contribution in [0.3, 0.4) is 0 Å². The topological polar surface area (TPSA) is 38.0 Å². The van der Waals surface area contributed by atoms with Crippen molar-refractivity contribution in [3.05, 3.63) is 23.8 Å². The maximum absolute atomic E-state index is 5.83. The molecule has 0 unspecified atom stereocenters. The van der Waals surface area contributed by atoms with Gasteiger partial charge in [0.05, 0.1) is 11.4 Å². The van der Waals surface area contributed by atoms with Crippen molar-refractivity contribution >= 4 is 11.4 Å². The van der Waals surface area contributed by atoms with Crippen molar-refractivity contribution in [3.63, 3.8) is 0 Å². The van der Waals surface area contributed by atoms with E-state index in [9.17, 15) is 0 Å². The lowest BCUT2D eigenvalue weighted by Crippen LogP contribution is -2.05. The SMILES string of the molecule is Cc1ccc(N)c(NCC2CC2)c1. The molecular weight excluding hydrogens is 160 g/mol. The number of rotatable bonds is 3. The van der Waals surface area contributed by atoms with Crippen molar-refractivity contribution in [1.29, 1.82) is 0 Å². The van der Waals surface area contributed by atoms with Gasteiger partial charge in [0.25, 0.3) is 0 Å². The van der Waals surface area contributed by atoms with Gasteiger partial charge in [0.1, 0.15) is 0 Å². The third-order valence-electron chi connectivity index (χ3n) is 2.49. The molecule has 0 spiro atoms. The predicted molar refractivity (Wildman–Crippen MR) is 56.8 cm³/mol. The Kier molecular flexibility index (Phi) is 2.13. The Morgan fingerprint density at radius 3 is 2.92 bits per heavy atom. The second kappa shape index (κ2) is 3.29. The Hall–Kier alpha value is -1.18. The molecular formula is C11H16N2. The van der Waals surface area contributed by atoms with Gasteiger partial charge < -0.3 is 11.1 Å². The summed E-state index contributed by atoms with van der Waals surface area (Å²) in [7, 11) is 0. The fourth-order valence-electron chi connectivity index (χ4n) is 1.40. The van der Waals surface area contributed by atoms with Gasteiger partial charge in [-0.05, 0) is 43.4 Å². The minimum absolute atomic E-state index is 0.853. The molecule has 0 bridgehead atoms. The number of nitrogens with one attached hydrogen (secondary N) is 1. The van der Waals surface area contributed by atoms with E-state index in [-0.39, 0.29) is 0 Å². The highest BCUT2D eigenvalue weighted by atomic mass is 14.9. The van der Waals surface area contributed by atoms with Gasteiger partial charge >= 0.3 is 0 Å². The number of nitrogen functional groups attached to an aromatic ring is 1. The van der Waals surface area contributed by atoms with E-state index in [1.54, 1.807) is 0 Å². The zero-order valence-electron chi connectivity index (χ0n) is 8.01. The van der Waals surface area contributed by atoms with Crippen LogP contribution in [0.2, 0.25) is 0 Å². The Balaban J connectivity index is 2.03. The Bertz CT molecular complexity index is 303. The number of hydrogen-bond donors (Lipinski definition) is 2. The van der Waals surface area contributed by atoms with Crippen molar-refractivity contribution in [3.8, 4) is 0 Å². The highest BCUT2D eigenvalue weighted by Crippen LogP contribution is 2.30. The summed E-state index contributed by atoms with van der Waals surface area (Å²) < 4.78 is 0. The zero-order chi connectivity index (χ0) is 9.26. The molecule has 1 aliphatic rings. The summed E-state index contributed by atoms with van der Waals surface area (Å²) >= 11 is 0. The average Bonchev–Trinajstić information content (AvgIpc) is 2.90. The van der Waals surface area contributed by atoms with Gasteiger partial charge in [-0.25, -0.2) is 0 Å². The van der Waals surface area contributed by atoms with Crippen LogP contribution in [0.4, 0.5) is 11.4 Å². The largest absolute Gasteiger partial charge is 0.397 e. The fourth-order valence-corrected chi connectivity index (χ4v) is 1.40. The van der Waals surface area contributed by atoms with Crippen molar-refractivity contribution in [2.75, 3.05) is 17.6 Å². The number of nitrogens with two attached hydrogens (primary N) is 1. The van der Waals surface area contributed by atoms with E-state index in [2.05, 4.69) is 18.3 Å². The summed E-state index contributed by atoms with van der Waals surface area (Å²) in [5.74, 6) is 0.889. The second-order valence-electron chi connectivity index (χ2n) is 3.91. The highest BCUT2D eigenvalue weighted by molar-refractivity contribution is 5.66. The first kappa shape index (κ1) is 8.42. The van der Waals surface area contributed by atoms with E-state index in [0.29, 0.717) is 0 Å². The van der Waals surface area contributed by atoms with Gasteiger partial charge in [-0.15, -0.1) is 0 Å². The van der Waals surface area contributed by atoms with Gasteiger partial charge in [0.15, 0.2) is 0 Å². The van der Waals surface area contributed by atoms with Crippen molar-refractivity contribution < 1.29 is 0 Å². The maximum atomic E-state index is 5.83. The molecule has 0 atom stereocenters. The molecule has 1 aromatic carbocycles. The molecule has 70 valence electrons. The summed E-state index contributed by atoms with van der Waals surface area (Å²) in [6.45, 7) is 3.16. The van der Waals surface area contributed by atoms with Crippen LogP contribution >= 0.6 is 0 Å². The van der Waals surface area contributed by atoms with Crippen LogP contribution < -0.4 is 11.1 Å². The molecule has 3 N–H and O–H groups in total. The minimum Gasteiger partial charge on any atom is -0.397 e. The Morgan fingerprint density at radius 1 is 1.46 bits per heavy atom. The monoisotopic (exact) mass is 176 g/mol. The molecule has 2 rings (SSSR count). The van der Waals surface area contributed by atoms with Crippen LogP contribution in [0.1, 0.15) is 18.4 Å². The summed E-state index contributed by atoms with van der Waals surface area (Å²) in [6, 6.07) is 6.11. The van der Waals surface area contributed by atoms with Crippen molar-refractivity contribution in [2.45, 2.75) is 19.8 Å². The van der Waals surface area contributed by atoms with Crippen LogP contribution in [0.15, 0.2) is 18.2 Å². The van der Waals surface area contributed by atoms with E-state index in [0.717, 1.165) is 23.8 Å². The lowest BCUT2D eigenvalue weighted by Gasteiger charge is -2.09. The maximum Gasteiger partial charge on any atom is 0.0576 e. The molecule has 0 aliphatic heterocycles. The molecule has 2 nitrogen and oxygen atoms in total. The fraction of sp³-hybridized carbons (Fsp3) is 0.455. The van der Waals surface area contributed by atoms with E-state index in [4.69, 9.17) is 5.73 Å². The van der Waals surface area contributed by atoms with E-state index < -0.39 is 0 Å². The number of hydrogen-bond acceptors (Lipinski definition) is 2. The van der Waals surface area contributed by atoms with Crippen LogP contribution in [0.5, 0.6) is 0 Å². The molecule has 1 saturated carbocycles. The van der Waals surface area contributed by atoms with Crippen LogP contribution in [-0.2, 0) is 0 Å². The van der Waals surface area contributed by atoms with Crippen LogP contribution in [0, 0.1) is 12.8 Å². The minimum atomic E-state index is 0.853. The predicted octanol–water partition coefficient (Wildman–Crippen LogP) is 2.40. The third-order valence-corrected chi connectivity index (χ3v) is 2.49. The average molecular weight is 176 g/mol. The molecule has 13 heavy (non-hydrogen) atoms. The molecule has 0 heterocycles. The molecule has 1 aliphatic carbocycles. The second-order valence-corrected chi connectivity index (χ2v) is 3.91. The molecule has 1 fully saturated rings. The van der Waals surface area contributed by atoms with E-state index in [1.807, 2.05) is 12.1 Å². The summed E-state index contributed by atoms with van der Waals surface area (Å²) in [5, 5.41) is 3.39. The molecule has 2 heteroatoms. The summed E-state index contributed by atoms with van der Waals surface area (Å²) in [5.41, 5.74) is 9.03. The molecule has 0 radical (unpaired) electrons. The Morgan fingerprint density at radius 2 is 2.23 bits per heavy atom. The molecule has 0 amide bonds. The van der Waals surface area contributed by atoms with Gasteiger partial charge in [-0.3, -0.25) is 0 Å². The van der Waals surface area contributed by atoms with Gasteiger partial charge in [0, 0.05) is 6.54 Å².